The Hall–Kier alpha value is -1.11. The summed E-state index contributed by atoms with van der Waals surface area (Å²) in [6.07, 6.45) is 7.53. The zero-order valence-corrected chi connectivity index (χ0v) is 11.0. The van der Waals surface area contributed by atoms with Crippen molar-refractivity contribution in [1.82, 2.24) is 0 Å². The first kappa shape index (κ1) is 14.9. The van der Waals surface area contributed by atoms with E-state index in [-0.39, 0.29) is 17.1 Å². The molecule has 90 valence electrons. The molecule has 0 bridgehead atoms. The molecule has 1 atom stereocenters. The first-order valence-electron chi connectivity index (χ1n) is 5.79. The van der Waals surface area contributed by atoms with Crippen molar-refractivity contribution in [2.24, 2.45) is 11.3 Å². The normalized spacial score (nSPS) is 13.8. The highest BCUT2D eigenvalue weighted by Gasteiger charge is 2.17. The molecule has 0 saturated carbocycles. The van der Waals surface area contributed by atoms with Crippen LogP contribution in [0.3, 0.4) is 0 Å². The molecule has 0 heterocycles. The van der Waals surface area contributed by atoms with Crippen molar-refractivity contribution < 1.29 is 4.79 Å². The van der Waals surface area contributed by atoms with E-state index in [1.165, 1.54) is 6.08 Å². The molecule has 1 nitrogen and oxygen atoms in total. The zero-order valence-electron chi connectivity index (χ0n) is 11.0. The van der Waals surface area contributed by atoms with Gasteiger partial charge in [0.25, 0.3) is 0 Å². The second-order valence-corrected chi connectivity index (χ2v) is 5.21. The molecule has 0 spiro atoms. The van der Waals surface area contributed by atoms with Gasteiger partial charge < -0.3 is 0 Å². The maximum absolute atomic E-state index is 11.3. The maximum atomic E-state index is 11.3. The highest BCUT2D eigenvalue weighted by atomic mass is 16.1. The number of rotatable bonds is 7. The quantitative estimate of drug-likeness (QED) is 0.461. The SMILES string of the molecule is C=CC(=O)[C@@H](C)CCC(C)(C)/C=C/C(=C)C. The van der Waals surface area contributed by atoms with Gasteiger partial charge in [-0.2, -0.15) is 0 Å². The summed E-state index contributed by atoms with van der Waals surface area (Å²) in [5.41, 5.74) is 1.18. The van der Waals surface area contributed by atoms with Crippen LogP contribution in [0, 0.1) is 11.3 Å². The summed E-state index contributed by atoms with van der Waals surface area (Å²) in [5, 5.41) is 0. The standard InChI is InChI=1S/C15H24O/c1-7-14(16)13(4)9-11-15(5,6)10-8-12(2)3/h7-8,10,13H,1-2,9,11H2,3-6H3/b10-8+/t13-/m0/s1. The molecule has 0 fully saturated rings. The van der Waals surface area contributed by atoms with Crippen molar-refractivity contribution in [3.8, 4) is 0 Å². The number of allylic oxidation sites excluding steroid dienone is 4. The molecule has 0 unspecified atom stereocenters. The van der Waals surface area contributed by atoms with Crippen molar-refractivity contribution in [3.63, 3.8) is 0 Å². The summed E-state index contributed by atoms with van der Waals surface area (Å²) >= 11 is 0. The van der Waals surface area contributed by atoms with Gasteiger partial charge in [-0.1, -0.05) is 51.7 Å². The van der Waals surface area contributed by atoms with Gasteiger partial charge in [0.1, 0.15) is 0 Å². The summed E-state index contributed by atoms with van der Waals surface area (Å²) in [5.74, 6) is 0.217. The second kappa shape index (κ2) is 6.47. The molecule has 0 aliphatic rings. The Labute approximate surface area is 99.9 Å². The van der Waals surface area contributed by atoms with Crippen LogP contribution in [0.1, 0.15) is 40.5 Å². The van der Waals surface area contributed by atoms with Gasteiger partial charge in [0.05, 0.1) is 0 Å². The molecular weight excluding hydrogens is 196 g/mol. The first-order valence-corrected chi connectivity index (χ1v) is 5.79. The zero-order chi connectivity index (χ0) is 12.8. The Morgan fingerprint density at radius 2 is 2.00 bits per heavy atom. The van der Waals surface area contributed by atoms with E-state index in [4.69, 9.17) is 0 Å². The second-order valence-electron chi connectivity index (χ2n) is 5.21. The average molecular weight is 220 g/mol. The van der Waals surface area contributed by atoms with Crippen LogP contribution in [-0.2, 0) is 4.79 Å². The third-order valence-electron chi connectivity index (χ3n) is 2.73. The summed E-state index contributed by atoms with van der Waals surface area (Å²) in [4.78, 5) is 11.3. The van der Waals surface area contributed by atoms with Gasteiger partial charge in [-0.25, -0.2) is 0 Å². The van der Waals surface area contributed by atoms with Crippen molar-refractivity contribution in [3.05, 3.63) is 37.0 Å². The van der Waals surface area contributed by atoms with Crippen LogP contribution in [-0.4, -0.2) is 5.78 Å². The van der Waals surface area contributed by atoms with Crippen molar-refractivity contribution >= 4 is 5.78 Å². The van der Waals surface area contributed by atoms with E-state index in [1.807, 2.05) is 19.9 Å². The molecule has 0 aromatic rings. The number of ketones is 1. The minimum atomic E-state index is 0.0787. The van der Waals surface area contributed by atoms with Gasteiger partial charge in [-0.3, -0.25) is 4.79 Å². The van der Waals surface area contributed by atoms with E-state index in [1.54, 1.807) is 0 Å². The minimum absolute atomic E-state index is 0.0787. The van der Waals surface area contributed by atoms with Crippen molar-refractivity contribution in [2.75, 3.05) is 0 Å². The average Bonchev–Trinajstić information content (AvgIpc) is 2.22. The summed E-state index contributed by atoms with van der Waals surface area (Å²) in [6, 6.07) is 0. The van der Waals surface area contributed by atoms with E-state index in [0.717, 1.165) is 18.4 Å². The van der Waals surface area contributed by atoms with Crippen LogP contribution in [0.25, 0.3) is 0 Å². The van der Waals surface area contributed by atoms with Gasteiger partial charge in [0.15, 0.2) is 5.78 Å². The van der Waals surface area contributed by atoms with Crippen molar-refractivity contribution in [2.45, 2.75) is 40.5 Å². The van der Waals surface area contributed by atoms with Gasteiger partial charge in [-0.05, 0) is 31.3 Å². The third kappa shape index (κ3) is 6.39. The van der Waals surface area contributed by atoms with Crippen LogP contribution >= 0.6 is 0 Å². The summed E-state index contributed by atoms with van der Waals surface area (Å²) in [7, 11) is 0. The highest BCUT2D eigenvalue weighted by molar-refractivity contribution is 5.90. The van der Waals surface area contributed by atoms with E-state index in [2.05, 4.69) is 33.1 Å². The first-order chi connectivity index (χ1) is 7.28. The van der Waals surface area contributed by atoms with E-state index < -0.39 is 0 Å². The largest absolute Gasteiger partial charge is 0.295 e. The van der Waals surface area contributed by atoms with Gasteiger partial charge in [-0.15, -0.1) is 0 Å². The lowest BCUT2D eigenvalue weighted by molar-refractivity contribution is -0.118. The number of hydrogen-bond donors (Lipinski definition) is 0. The van der Waals surface area contributed by atoms with Crippen molar-refractivity contribution in [1.29, 1.82) is 0 Å². The Bertz CT molecular complexity index is 295. The lowest BCUT2D eigenvalue weighted by atomic mass is 9.83. The summed E-state index contributed by atoms with van der Waals surface area (Å²) in [6.45, 7) is 15.7. The molecule has 1 heteroatoms. The fraction of sp³-hybridized carbons (Fsp3) is 0.533. The van der Waals surface area contributed by atoms with Gasteiger partial charge in [0, 0.05) is 5.92 Å². The van der Waals surface area contributed by atoms with Gasteiger partial charge >= 0.3 is 0 Å². The molecule has 0 N–H and O–H groups in total. The predicted molar refractivity (Wildman–Crippen MR) is 71.3 cm³/mol. The lowest BCUT2D eigenvalue weighted by Gasteiger charge is -2.21. The third-order valence-corrected chi connectivity index (χ3v) is 2.73. The van der Waals surface area contributed by atoms with E-state index in [0.29, 0.717) is 0 Å². The van der Waals surface area contributed by atoms with Crippen LogP contribution in [0.4, 0.5) is 0 Å². The topological polar surface area (TPSA) is 17.1 Å². The van der Waals surface area contributed by atoms with Crippen LogP contribution in [0.5, 0.6) is 0 Å². The smallest absolute Gasteiger partial charge is 0.157 e. The van der Waals surface area contributed by atoms with Crippen LogP contribution < -0.4 is 0 Å². The molecule has 0 aromatic heterocycles. The van der Waals surface area contributed by atoms with Gasteiger partial charge in [0.2, 0.25) is 0 Å². The number of hydrogen-bond acceptors (Lipinski definition) is 1. The van der Waals surface area contributed by atoms with Crippen LogP contribution in [0.2, 0.25) is 0 Å². The Morgan fingerprint density at radius 1 is 1.44 bits per heavy atom. The minimum Gasteiger partial charge on any atom is -0.295 e. The number of carbonyl (C=O) groups is 1. The Balaban J connectivity index is 4.23. The molecule has 0 aromatic carbocycles. The predicted octanol–water partition coefficient (Wildman–Crippen LogP) is 4.32. The monoisotopic (exact) mass is 220 g/mol. The molecule has 0 aliphatic heterocycles. The molecule has 0 amide bonds. The molecular formula is C15H24O. The molecule has 0 saturated heterocycles. The molecule has 0 rings (SSSR count). The van der Waals surface area contributed by atoms with Crippen LogP contribution in [0.15, 0.2) is 37.0 Å². The molecule has 0 radical (unpaired) electrons. The lowest BCUT2D eigenvalue weighted by Crippen LogP contribution is -2.13. The Kier molecular flexibility index (Phi) is 6.02. The highest BCUT2D eigenvalue weighted by Crippen LogP contribution is 2.27. The fourth-order valence-corrected chi connectivity index (χ4v) is 1.38. The molecule has 0 aliphatic carbocycles. The maximum Gasteiger partial charge on any atom is 0.157 e. The molecule has 16 heavy (non-hydrogen) atoms. The fourth-order valence-electron chi connectivity index (χ4n) is 1.38. The Morgan fingerprint density at radius 3 is 2.44 bits per heavy atom. The van der Waals surface area contributed by atoms with E-state index in [9.17, 15) is 4.79 Å². The number of carbonyl (C=O) groups excluding carboxylic acids is 1. The summed E-state index contributed by atoms with van der Waals surface area (Å²) < 4.78 is 0. The van der Waals surface area contributed by atoms with E-state index >= 15 is 0 Å².